The van der Waals surface area contributed by atoms with Gasteiger partial charge in [0.05, 0.1) is 5.60 Å². The number of nitrogens with zero attached hydrogens (tertiary/aromatic N) is 2. The summed E-state index contributed by atoms with van der Waals surface area (Å²) in [7, 11) is 0. The molecule has 0 amide bonds. The van der Waals surface area contributed by atoms with Crippen molar-refractivity contribution in [3.8, 4) is 0 Å². The highest BCUT2D eigenvalue weighted by Crippen LogP contribution is 2.36. The van der Waals surface area contributed by atoms with Crippen LogP contribution >= 0.6 is 11.8 Å². The summed E-state index contributed by atoms with van der Waals surface area (Å²) in [6.07, 6.45) is 8.78. The van der Waals surface area contributed by atoms with E-state index in [-0.39, 0.29) is 11.1 Å². The number of hydrogen-bond donors (Lipinski definition) is 3. The number of benzene rings is 1. The van der Waals surface area contributed by atoms with E-state index in [9.17, 15) is 5.11 Å². The zero-order valence-electron chi connectivity index (χ0n) is 19.2. The first-order chi connectivity index (χ1) is 14.6. The van der Waals surface area contributed by atoms with Crippen LogP contribution in [0, 0.1) is 0 Å². The van der Waals surface area contributed by atoms with E-state index in [0.29, 0.717) is 12.0 Å². The molecule has 0 unspecified atom stereocenters. The Kier molecular flexibility index (Phi) is 6.35. The van der Waals surface area contributed by atoms with Crippen LogP contribution in [0.15, 0.2) is 46.5 Å². The molecule has 5 nitrogen and oxygen atoms in total. The van der Waals surface area contributed by atoms with Crippen LogP contribution in [-0.2, 0) is 6.42 Å². The molecule has 0 bridgehead atoms. The van der Waals surface area contributed by atoms with E-state index in [1.165, 1.54) is 10.5 Å². The summed E-state index contributed by atoms with van der Waals surface area (Å²) in [4.78, 5) is 10.4. The van der Waals surface area contributed by atoms with Crippen LogP contribution in [-0.4, -0.2) is 37.8 Å². The third kappa shape index (κ3) is 6.21. The fourth-order valence-corrected chi connectivity index (χ4v) is 5.91. The Morgan fingerprint density at radius 2 is 1.74 bits per heavy atom. The minimum absolute atomic E-state index is 0.0851. The average molecular weight is 441 g/mol. The van der Waals surface area contributed by atoms with Gasteiger partial charge in [0.15, 0.2) is 0 Å². The summed E-state index contributed by atoms with van der Waals surface area (Å²) in [5, 5.41) is 18.5. The zero-order valence-corrected chi connectivity index (χ0v) is 20.1. The maximum Gasteiger partial charge on any atom is 0.223 e. The predicted molar refractivity (Wildman–Crippen MR) is 128 cm³/mol. The summed E-state index contributed by atoms with van der Waals surface area (Å²) < 4.78 is 0. The molecule has 2 heterocycles. The maximum atomic E-state index is 10.3. The van der Waals surface area contributed by atoms with Gasteiger partial charge in [-0.3, -0.25) is 0 Å². The quantitative estimate of drug-likeness (QED) is 0.514. The van der Waals surface area contributed by atoms with Gasteiger partial charge in [0.2, 0.25) is 5.95 Å². The predicted octanol–water partition coefficient (Wildman–Crippen LogP) is 5.20. The topological polar surface area (TPSA) is 70.1 Å². The van der Waals surface area contributed by atoms with Gasteiger partial charge in [0.1, 0.15) is 5.03 Å². The number of aryl methyl sites for hydroxylation is 1. The molecule has 4 rings (SSSR count). The van der Waals surface area contributed by atoms with Crippen molar-refractivity contribution >= 4 is 17.7 Å². The van der Waals surface area contributed by atoms with Gasteiger partial charge in [-0.1, -0.05) is 23.9 Å². The fraction of sp³-hybridized carbons (Fsp3) is 0.600. The van der Waals surface area contributed by atoms with E-state index in [0.717, 1.165) is 50.0 Å². The summed E-state index contributed by atoms with van der Waals surface area (Å²) in [5.74, 6) is 0.703. The van der Waals surface area contributed by atoms with Crippen molar-refractivity contribution in [2.75, 3.05) is 5.32 Å². The molecule has 31 heavy (non-hydrogen) atoms. The second kappa shape index (κ2) is 8.72. The second-order valence-electron chi connectivity index (χ2n) is 10.7. The number of aliphatic hydroxyl groups is 1. The number of aromatic nitrogens is 2. The first-order valence-electron chi connectivity index (χ1n) is 11.5. The van der Waals surface area contributed by atoms with Crippen LogP contribution in [0.25, 0.3) is 0 Å². The summed E-state index contributed by atoms with van der Waals surface area (Å²) in [5.41, 5.74) is 1.05. The molecule has 1 aromatic heterocycles. The Morgan fingerprint density at radius 3 is 2.35 bits per heavy atom. The average Bonchev–Trinajstić information content (AvgIpc) is 2.64. The van der Waals surface area contributed by atoms with Crippen LogP contribution in [0.5, 0.6) is 0 Å². The van der Waals surface area contributed by atoms with Gasteiger partial charge in [-0.2, -0.15) is 0 Å². The summed E-state index contributed by atoms with van der Waals surface area (Å²) in [6.45, 7) is 9.02. The lowest BCUT2D eigenvalue weighted by Crippen LogP contribution is -2.60. The first-order valence-corrected chi connectivity index (χ1v) is 12.3. The van der Waals surface area contributed by atoms with Crippen LogP contribution in [0.2, 0.25) is 0 Å². The third-order valence-corrected chi connectivity index (χ3v) is 7.41. The van der Waals surface area contributed by atoms with Gasteiger partial charge < -0.3 is 15.7 Å². The molecule has 1 saturated heterocycles. The molecule has 0 spiro atoms. The number of piperidine rings is 1. The standard InChI is InChI=1S/C25H36N4OS/c1-23(2)16-19(17-24(3,4)29-23)27-22-26-15-11-21(28-22)31-20-8-6-18(7-9-20)10-14-25(30)12-5-13-25/h6-9,11,15,19,29-30H,5,10,12-14,16-17H2,1-4H3,(H,26,27,28). The Hall–Kier alpha value is -1.63. The van der Waals surface area contributed by atoms with E-state index in [1.807, 2.05) is 12.3 Å². The SMILES string of the molecule is CC1(C)CC(Nc2nccc(Sc3ccc(CCC4(O)CCC4)cc3)n2)CC(C)(C)N1. The molecule has 2 aromatic rings. The molecule has 2 fully saturated rings. The maximum absolute atomic E-state index is 10.3. The lowest BCUT2D eigenvalue weighted by atomic mass is 9.76. The monoisotopic (exact) mass is 440 g/mol. The van der Waals surface area contributed by atoms with E-state index >= 15 is 0 Å². The second-order valence-corrected chi connectivity index (χ2v) is 11.8. The fourth-order valence-electron chi connectivity index (χ4n) is 5.13. The minimum atomic E-state index is -0.406. The molecule has 3 N–H and O–H groups in total. The Balaban J connectivity index is 1.35. The van der Waals surface area contributed by atoms with E-state index < -0.39 is 5.60 Å². The van der Waals surface area contributed by atoms with Gasteiger partial charge in [-0.25, -0.2) is 9.97 Å². The molecule has 1 aliphatic carbocycles. The molecule has 1 saturated carbocycles. The van der Waals surface area contributed by atoms with Crippen molar-refractivity contribution < 1.29 is 5.11 Å². The van der Waals surface area contributed by atoms with Crippen molar-refractivity contribution in [3.63, 3.8) is 0 Å². The third-order valence-electron chi connectivity index (χ3n) is 6.46. The van der Waals surface area contributed by atoms with Crippen LogP contribution in [0.4, 0.5) is 5.95 Å². The van der Waals surface area contributed by atoms with Gasteiger partial charge in [0.25, 0.3) is 0 Å². The van der Waals surface area contributed by atoms with Gasteiger partial charge in [0, 0.05) is 28.2 Å². The highest BCUT2D eigenvalue weighted by Gasteiger charge is 2.38. The Morgan fingerprint density at radius 1 is 1.06 bits per heavy atom. The van der Waals surface area contributed by atoms with Crippen LogP contribution in [0.3, 0.4) is 0 Å². The van der Waals surface area contributed by atoms with Crippen LogP contribution in [0.1, 0.15) is 71.8 Å². The normalized spacial score (nSPS) is 22.0. The lowest BCUT2D eigenvalue weighted by molar-refractivity contribution is -0.0397. The molecular formula is C25H36N4OS. The molecule has 0 radical (unpaired) electrons. The smallest absolute Gasteiger partial charge is 0.223 e. The summed E-state index contributed by atoms with van der Waals surface area (Å²) >= 11 is 1.66. The van der Waals surface area contributed by atoms with Gasteiger partial charge >= 0.3 is 0 Å². The molecule has 1 aliphatic heterocycles. The van der Waals surface area contributed by atoms with Crippen molar-refractivity contribution in [2.24, 2.45) is 0 Å². The molecule has 2 aliphatic rings. The molecule has 0 atom stereocenters. The highest BCUT2D eigenvalue weighted by atomic mass is 32.2. The van der Waals surface area contributed by atoms with Gasteiger partial charge in [-0.15, -0.1) is 0 Å². The van der Waals surface area contributed by atoms with Crippen LogP contribution < -0.4 is 10.6 Å². The van der Waals surface area contributed by atoms with Crippen molar-refractivity contribution in [3.05, 3.63) is 42.1 Å². The lowest BCUT2D eigenvalue weighted by Gasteiger charge is -2.46. The molecule has 1 aromatic carbocycles. The van der Waals surface area contributed by atoms with E-state index in [4.69, 9.17) is 4.98 Å². The van der Waals surface area contributed by atoms with Crippen molar-refractivity contribution in [1.29, 1.82) is 0 Å². The minimum Gasteiger partial charge on any atom is -0.390 e. The highest BCUT2D eigenvalue weighted by molar-refractivity contribution is 7.99. The number of hydrogen-bond acceptors (Lipinski definition) is 6. The Bertz CT molecular complexity index is 877. The number of rotatable bonds is 7. The summed E-state index contributed by atoms with van der Waals surface area (Å²) in [6, 6.07) is 11.0. The zero-order chi connectivity index (χ0) is 22.1. The molecule has 6 heteroatoms. The largest absolute Gasteiger partial charge is 0.390 e. The molecule has 168 valence electrons. The van der Waals surface area contributed by atoms with Crippen molar-refractivity contribution in [1.82, 2.24) is 15.3 Å². The van der Waals surface area contributed by atoms with E-state index in [2.05, 4.69) is 67.6 Å². The first kappa shape index (κ1) is 22.6. The Labute approximate surface area is 190 Å². The number of nitrogens with one attached hydrogen (secondary N) is 2. The van der Waals surface area contributed by atoms with Crippen molar-refractivity contribution in [2.45, 2.75) is 105 Å². The molecular weight excluding hydrogens is 404 g/mol. The number of anilines is 1. The van der Waals surface area contributed by atoms with E-state index in [1.54, 1.807) is 11.8 Å². The van der Waals surface area contributed by atoms with Gasteiger partial charge in [-0.05, 0) is 96.4 Å².